The topological polar surface area (TPSA) is 56.7 Å². The van der Waals surface area contributed by atoms with Crippen LogP contribution in [0.5, 0.6) is 0 Å². The molecule has 6 heteroatoms. The normalized spacial score (nSPS) is 11.0. The van der Waals surface area contributed by atoms with Gasteiger partial charge in [-0.25, -0.2) is 8.78 Å². The quantitative estimate of drug-likeness (QED) is 0.924. The van der Waals surface area contributed by atoms with E-state index < -0.39 is 11.6 Å². The molecule has 1 heterocycles. The van der Waals surface area contributed by atoms with Gasteiger partial charge in [0.05, 0.1) is 12.1 Å². The van der Waals surface area contributed by atoms with E-state index in [0.717, 1.165) is 6.42 Å². The second kappa shape index (κ2) is 5.44. The molecule has 0 unspecified atom stereocenters. The van der Waals surface area contributed by atoms with E-state index in [1.807, 2.05) is 6.92 Å². The second-order valence-corrected chi connectivity index (χ2v) is 4.35. The van der Waals surface area contributed by atoms with Crippen LogP contribution in [0.2, 0.25) is 0 Å². The minimum absolute atomic E-state index is 0.138. The number of aryl methyl sites for hydroxylation is 1. The number of hydrogen-bond donors (Lipinski definition) is 1. The van der Waals surface area contributed by atoms with Crippen LogP contribution >= 0.6 is 0 Å². The van der Waals surface area contributed by atoms with Crippen LogP contribution in [-0.2, 0) is 13.1 Å². The van der Waals surface area contributed by atoms with E-state index >= 15 is 0 Å². The summed E-state index contributed by atoms with van der Waals surface area (Å²) in [4.78, 5) is 0. The van der Waals surface area contributed by atoms with Gasteiger partial charge in [0.2, 0.25) is 0 Å². The van der Waals surface area contributed by atoms with Gasteiger partial charge in [-0.3, -0.25) is 0 Å². The second-order valence-electron chi connectivity index (χ2n) is 4.35. The SMILES string of the molecule is CCCn1c(CN)nnc1-c1c(F)ccc(C)c1F. The first-order valence-corrected chi connectivity index (χ1v) is 6.17. The molecule has 2 rings (SSSR count). The van der Waals surface area contributed by atoms with Crippen LogP contribution in [0.4, 0.5) is 8.78 Å². The summed E-state index contributed by atoms with van der Waals surface area (Å²) in [6.45, 7) is 4.30. The third-order valence-electron chi connectivity index (χ3n) is 2.96. The Morgan fingerprint density at radius 3 is 2.63 bits per heavy atom. The highest BCUT2D eigenvalue weighted by Gasteiger charge is 2.20. The Kier molecular flexibility index (Phi) is 3.90. The minimum atomic E-state index is -0.642. The fourth-order valence-electron chi connectivity index (χ4n) is 1.99. The first-order chi connectivity index (χ1) is 9.10. The van der Waals surface area contributed by atoms with Crippen molar-refractivity contribution in [3.05, 3.63) is 35.2 Å². The van der Waals surface area contributed by atoms with E-state index in [1.165, 1.54) is 12.1 Å². The Morgan fingerprint density at radius 1 is 1.26 bits per heavy atom. The van der Waals surface area contributed by atoms with Crippen molar-refractivity contribution in [2.24, 2.45) is 5.73 Å². The number of hydrogen-bond acceptors (Lipinski definition) is 3. The first-order valence-electron chi connectivity index (χ1n) is 6.17. The molecule has 0 saturated carbocycles. The Morgan fingerprint density at radius 2 is 2.00 bits per heavy atom. The Hall–Kier alpha value is -1.82. The number of halogens is 2. The number of nitrogens with two attached hydrogens (primary N) is 1. The van der Waals surface area contributed by atoms with E-state index in [-0.39, 0.29) is 17.9 Å². The molecule has 2 aromatic rings. The van der Waals surface area contributed by atoms with Crippen LogP contribution in [0.1, 0.15) is 24.7 Å². The van der Waals surface area contributed by atoms with Gasteiger partial charge in [-0.1, -0.05) is 13.0 Å². The predicted molar refractivity (Wildman–Crippen MR) is 68.3 cm³/mol. The van der Waals surface area contributed by atoms with Crippen LogP contribution in [0.15, 0.2) is 12.1 Å². The van der Waals surface area contributed by atoms with Crippen molar-refractivity contribution in [1.29, 1.82) is 0 Å². The van der Waals surface area contributed by atoms with Crippen LogP contribution in [0.3, 0.4) is 0 Å². The standard InChI is InChI=1S/C13H16F2N4/c1-3-6-19-10(7-16)17-18-13(19)11-9(14)5-4-8(2)12(11)15/h4-5H,3,6-7,16H2,1-2H3. The zero-order valence-electron chi connectivity index (χ0n) is 11.0. The Bertz CT molecular complexity index is 593. The lowest BCUT2D eigenvalue weighted by Crippen LogP contribution is -2.10. The lowest BCUT2D eigenvalue weighted by molar-refractivity contribution is 0.574. The van der Waals surface area contributed by atoms with Crippen molar-refractivity contribution in [3.8, 4) is 11.4 Å². The summed E-state index contributed by atoms with van der Waals surface area (Å²) in [6, 6.07) is 2.64. The third-order valence-corrected chi connectivity index (χ3v) is 2.96. The summed E-state index contributed by atoms with van der Waals surface area (Å²) in [5.41, 5.74) is 5.80. The summed E-state index contributed by atoms with van der Waals surface area (Å²) in [5, 5.41) is 7.79. The molecule has 0 bridgehead atoms. The van der Waals surface area contributed by atoms with Crippen molar-refractivity contribution in [3.63, 3.8) is 0 Å². The van der Waals surface area contributed by atoms with Crippen LogP contribution in [0.25, 0.3) is 11.4 Å². The van der Waals surface area contributed by atoms with Crippen LogP contribution in [0, 0.1) is 18.6 Å². The number of rotatable bonds is 4. The highest BCUT2D eigenvalue weighted by atomic mass is 19.1. The molecule has 0 spiro atoms. The molecule has 19 heavy (non-hydrogen) atoms. The largest absolute Gasteiger partial charge is 0.324 e. The minimum Gasteiger partial charge on any atom is -0.324 e. The van der Waals surface area contributed by atoms with Crippen molar-refractivity contribution in [2.75, 3.05) is 0 Å². The van der Waals surface area contributed by atoms with Gasteiger partial charge in [-0.15, -0.1) is 10.2 Å². The summed E-state index contributed by atoms with van der Waals surface area (Å²) >= 11 is 0. The van der Waals surface area contributed by atoms with E-state index in [4.69, 9.17) is 5.73 Å². The highest BCUT2D eigenvalue weighted by molar-refractivity contribution is 5.58. The molecule has 0 aliphatic heterocycles. The molecule has 0 fully saturated rings. The van der Waals surface area contributed by atoms with E-state index in [0.29, 0.717) is 17.9 Å². The molecule has 1 aromatic heterocycles. The van der Waals surface area contributed by atoms with E-state index in [1.54, 1.807) is 11.5 Å². The van der Waals surface area contributed by atoms with E-state index in [9.17, 15) is 8.78 Å². The number of benzene rings is 1. The van der Waals surface area contributed by atoms with Crippen molar-refractivity contribution in [1.82, 2.24) is 14.8 Å². The smallest absolute Gasteiger partial charge is 0.169 e. The summed E-state index contributed by atoms with van der Waals surface area (Å²) < 4.78 is 29.7. The lowest BCUT2D eigenvalue weighted by Gasteiger charge is -2.10. The molecule has 0 saturated heterocycles. The molecule has 0 amide bonds. The average Bonchev–Trinajstić information content (AvgIpc) is 2.78. The van der Waals surface area contributed by atoms with Gasteiger partial charge in [0.1, 0.15) is 17.5 Å². The molecule has 1 aromatic carbocycles. The zero-order valence-corrected chi connectivity index (χ0v) is 11.0. The van der Waals surface area contributed by atoms with Crippen molar-refractivity contribution < 1.29 is 8.78 Å². The Labute approximate surface area is 110 Å². The average molecular weight is 266 g/mol. The van der Waals surface area contributed by atoms with Crippen LogP contribution in [-0.4, -0.2) is 14.8 Å². The summed E-state index contributed by atoms with van der Waals surface area (Å²) in [7, 11) is 0. The first kappa shape index (κ1) is 13.6. The number of aromatic nitrogens is 3. The Balaban J connectivity index is 2.65. The molecular formula is C13H16F2N4. The summed E-state index contributed by atoms with van der Waals surface area (Å²) in [5.74, 6) is -0.525. The van der Waals surface area contributed by atoms with Crippen molar-refractivity contribution in [2.45, 2.75) is 33.4 Å². The molecule has 2 N–H and O–H groups in total. The lowest BCUT2D eigenvalue weighted by atomic mass is 10.1. The van der Waals surface area contributed by atoms with Gasteiger partial charge in [-0.2, -0.15) is 0 Å². The fourth-order valence-corrected chi connectivity index (χ4v) is 1.99. The zero-order chi connectivity index (χ0) is 14.0. The van der Waals surface area contributed by atoms with Gasteiger partial charge in [0.15, 0.2) is 5.82 Å². The van der Waals surface area contributed by atoms with Crippen molar-refractivity contribution >= 4 is 0 Å². The maximum atomic E-state index is 14.1. The molecule has 0 radical (unpaired) electrons. The maximum Gasteiger partial charge on any atom is 0.169 e. The summed E-state index contributed by atoms with van der Waals surface area (Å²) in [6.07, 6.45) is 0.799. The fraction of sp³-hybridized carbons (Fsp3) is 0.385. The van der Waals surface area contributed by atoms with Gasteiger partial charge < -0.3 is 10.3 Å². The monoisotopic (exact) mass is 266 g/mol. The number of nitrogens with zero attached hydrogens (tertiary/aromatic N) is 3. The van der Waals surface area contributed by atoms with Gasteiger partial charge in [-0.05, 0) is 25.0 Å². The molecule has 0 aliphatic carbocycles. The van der Waals surface area contributed by atoms with Gasteiger partial charge >= 0.3 is 0 Å². The third kappa shape index (κ3) is 2.35. The van der Waals surface area contributed by atoms with Gasteiger partial charge in [0, 0.05) is 6.54 Å². The molecule has 0 atom stereocenters. The maximum absolute atomic E-state index is 14.1. The predicted octanol–water partition coefficient (Wildman–Crippen LogP) is 2.40. The molecule has 0 aliphatic rings. The molecule has 4 nitrogen and oxygen atoms in total. The molecular weight excluding hydrogens is 250 g/mol. The molecule has 102 valence electrons. The van der Waals surface area contributed by atoms with Gasteiger partial charge in [0.25, 0.3) is 0 Å². The van der Waals surface area contributed by atoms with E-state index in [2.05, 4.69) is 10.2 Å². The van der Waals surface area contributed by atoms with Crippen LogP contribution < -0.4 is 5.73 Å². The highest BCUT2D eigenvalue weighted by Crippen LogP contribution is 2.27.